The van der Waals surface area contributed by atoms with Crippen LogP contribution in [0.2, 0.25) is 0 Å². The number of rotatable bonds is 6. The van der Waals surface area contributed by atoms with Gasteiger partial charge in [-0.3, -0.25) is 0 Å². The predicted molar refractivity (Wildman–Crippen MR) is 76.0 cm³/mol. The summed E-state index contributed by atoms with van der Waals surface area (Å²) in [5, 5.41) is 6.75. The first-order chi connectivity index (χ1) is 8.69. The van der Waals surface area contributed by atoms with E-state index in [1.54, 1.807) is 0 Å². The summed E-state index contributed by atoms with van der Waals surface area (Å²) in [6.45, 7) is 7.32. The predicted octanol–water partition coefficient (Wildman–Crippen LogP) is 3.21. The lowest BCUT2D eigenvalue weighted by molar-refractivity contribution is 0.285. The number of nitrogens with zero attached hydrogens (tertiary/aromatic N) is 2. The molecule has 0 aliphatic heterocycles. The highest BCUT2D eigenvalue weighted by atomic mass is 15.1. The zero-order chi connectivity index (χ0) is 13.0. The topological polar surface area (TPSA) is 49.8 Å². The van der Waals surface area contributed by atoms with Gasteiger partial charge in [-0.25, -0.2) is 4.98 Å². The number of hydrogen-bond acceptors (Lipinski definition) is 4. The molecular formula is C14H24N4. The molecule has 1 unspecified atom stereocenters. The number of aryl methyl sites for hydroxylation is 1. The van der Waals surface area contributed by atoms with Crippen LogP contribution in [-0.4, -0.2) is 22.6 Å². The molecule has 1 aromatic rings. The Hall–Kier alpha value is -1.32. The third kappa shape index (κ3) is 3.34. The van der Waals surface area contributed by atoms with E-state index in [4.69, 9.17) is 0 Å². The van der Waals surface area contributed by atoms with Crippen LogP contribution in [-0.2, 0) is 0 Å². The molecule has 1 fully saturated rings. The van der Waals surface area contributed by atoms with Crippen LogP contribution in [0.5, 0.6) is 0 Å². The second kappa shape index (κ2) is 6.03. The van der Waals surface area contributed by atoms with E-state index in [-0.39, 0.29) is 0 Å². The van der Waals surface area contributed by atoms with Gasteiger partial charge in [0.2, 0.25) is 5.95 Å². The molecule has 0 saturated heterocycles. The van der Waals surface area contributed by atoms with E-state index in [2.05, 4.69) is 34.4 Å². The standard InChI is InChI=1S/C14H24N4/c1-4-8-15-14-16-10(2)9-13(18-14)17-11(3)12-6-5-7-12/h9,11-12H,4-8H2,1-3H3,(H2,15,16,17,18). The highest BCUT2D eigenvalue weighted by Gasteiger charge is 2.24. The minimum atomic E-state index is 0.507. The molecule has 4 nitrogen and oxygen atoms in total. The van der Waals surface area contributed by atoms with Crippen molar-refractivity contribution in [1.29, 1.82) is 0 Å². The average Bonchev–Trinajstić information content (AvgIpc) is 2.22. The Morgan fingerprint density at radius 1 is 1.39 bits per heavy atom. The fourth-order valence-electron chi connectivity index (χ4n) is 2.25. The third-order valence-corrected chi connectivity index (χ3v) is 3.62. The molecule has 1 heterocycles. The van der Waals surface area contributed by atoms with Crippen molar-refractivity contribution in [2.75, 3.05) is 17.2 Å². The molecule has 0 radical (unpaired) electrons. The van der Waals surface area contributed by atoms with Gasteiger partial charge in [-0.15, -0.1) is 0 Å². The third-order valence-electron chi connectivity index (χ3n) is 3.62. The number of aromatic nitrogens is 2. The molecule has 100 valence electrons. The highest BCUT2D eigenvalue weighted by molar-refractivity contribution is 5.42. The van der Waals surface area contributed by atoms with Crippen LogP contribution < -0.4 is 10.6 Å². The van der Waals surface area contributed by atoms with E-state index in [0.29, 0.717) is 6.04 Å². The van der Waals surface area contributed by atoms with Gasteiger partial charge in [0.05, 0.1) is 0 Å². The first-order valence-electron chi connectivity index (χ1n) is 7.05. The summed E-state index contributed by atoms with van der Waals surface area (Å²) >= 11 is 0. The molecule has 4 heteroatoms. The van der Waals surface area contributed by atoms with E-state index >= 15 is 0 Å². The fraction of sp³-hybridized carbons (Fsp3) is 0.714. The van der Waals surface area contributed by atoms with Gasteiger partial charge in [-0.2, -0.15) is 4.98 Å². The normalized spacial score (nSPS) is 17.1. The van der Waals surface area contributed by atoms with Gasteiger partial charge in [-0.05, 0) is 39.0 Å². The smallest absolute Gasteiger partial charge is 0.224 e. The molecular weight excluding hydrogens is 224 g/mol. The lowest BCUT2D eigenvalue weighted by atomic mass is 9.80. The number of nitrogens with one attached hydrogen (secondary N) is 2. The molecule has 1 atom stereocenters. The van der Waals surface area contributed by atoms with Crippen molar-refractivity contribution in [3.05, 3.63) is 11.8 Å². The molecule has 18 heavy (non-hydrogen) atoms. The molecule has 1 aliphatic rings. The van der Waals surface area contributed by atoms with Crippen LogP contribution in [0.15, 0.2) is 6.07 Å². The van der Waals surface area contributed by atoms with Crippen molar-refractivity contribution in [3.63, 3.8) is 0 Å². The minimum absolute atomic E-state index is 0.507. The van der Waals surface area contributed by atoms with Crippen LogP contribution in [0, 0.1) is 12.8 Å². The van der Waals surface area contributed by atoms with E-state index in [9.17, 15) is 0 Å². The van der Waals surface area contributed by atoms with E-state index in [0.717, 1.165) is 36.3 Å². The van der Waals surface area contributed by atoms with Crippen molar-refractivity contribution in [2.24, 2.45) is 5.92 Å². The first kappa shape index (κ1) is 13.1. The van der Waals surface area contributed by atoms with Crippen molar-refractivity contribution in [1.82, 2.24) is 9.97 Å². The number of hydrogen-bond donors (Lipinski definition) is 2. The SMILES string of the molecule is CCCNc1nc(C)cc(NC(C)C2CCC2)n1. The zero-order valence-corrected chi connectivity index (χ0v) is 11.7. The monoisotopic (exact) mass is 248 g/mol. The van der Waals surface area contributed by atoms with Crippen LogP contribution in [0.25, 0.3) is 0 Å². The molecule has 1 saturated carbocycles. The molecule has 1 aromatic heterocycles. The van der Waals surface area contributed by atoms with Crippen molar-refractivity contribution in [2.45, 2.75) is 52.5 Å². The van der Waals surface area contributed by atoms with Crippen LogP contribution in [0.4, 0.5) is 11.8 Å². The lowest BCUT2D eigenvalue weighted by Crippen LogP contribution is -2.31. The van der Waals surface area contributed by atoms with Gasteiger partial charge in [-0.1, -0.05) is 13.3 Å². The number of anilines is 2. The summed E-state index contributed by atoms with van der Waals surface area (Å²) in [6, 6.07) is 2.53. The summed E-state index contributed by atoms with van der Waals surface area (Å²) < 4.78 is 0. The summed E-state index contributed by atoms with van der Waals surface area (Å²) in [7, 11) is 0. The second-order valence-corrected chi connectivity index (χ2v) is 5.27. The van der Waals surface area contributed by atoms with Crippen molar-refractivity contribution in [3.8, 4) is 0 Å². The summed E-state index contributed by atoms with van der Waals surface area (Å²) in [5.74, 6) is 2.49. The van der Waals surface area contributed by atoms with Gasteiger partial charge in [0.15, 0.2) is 0 Å². The second-order valence-electron chi connectivity index (χ2n) is 5.27. The molecule has 0 aromatic carbocycles. The molecule has 2 rings (SSSR count). The molecule has 1 aliphatic carbocycles. The van der Waals surface area contributed by atoms with Crippen molar-refractivity contribution < 1.29 is 0 Å². The zero-order valence-electron chi connectivity index (χ0n) is 11.7. The lowest BCUT2D eigenvalue weighted by Gasteiger charge is -2.32. The van der Waals surface area contributed by atoms with E-state index in [1.165, 1.54) is 19.3 Å². The first-order valence-corrected chi connectivity index (χ1v) is 7.05. The Bertz CT molecular complexity index is 387. The molecule has 0 spiro atoms. The van der Waals surface area contributed by atoms with E-state index < -0.39 is 0 Å². The van der Waals surface area contributed by atoms with Gasteiger partial charge < -0.3 is 10.6 Å². The summed E-state index contributed by atoms with van der Waals surface area (Å²) in [5.41, 5.74) is 1.01. The van der Waals surface area contributed by atoms with Crippen LogP contribution >= 0.6 is 0 Å². The van der Waals surface area contributed by atoms with E-state index in [1.807, 2.05) is 13.0 Å². The Morgan fingerprint density at radius 3 is 2.78 bits per heavy atom. The van der Waals surface area contributed by atoms with Crippen LogP contribution in [0.3, 0.4) is 0 Å². The Morgan fingerprint density at radius 2 is 2.17 bits per heavy atom. The van der Waals surface area contributed by atoms with Crippen LogP contribution in [0.1, 0.15) is 45.2 Å². The van der Waals surface area contributed by atoms with Crippen molar-refractivity contribution >= 4 is 11.8 Å². The largest absolute Gasteiger partial charge is 0.367 e. The molecule has 0 bridgehead atoms. The van der Waals surface area contributed by atoms with Gasteiger partial charge in [0.25, 0.3) is 0 Å². The minimum Gasteiger partial charge on any atom is -0.367 e. The highest BCUT2D eigenvalue weighted by Crippen LogP contribution is 2.30. The maximum absolute atomic E-state index is 4.52. The van der Waals surface area contributed by atoms with Gasteiger partial charge >= 0.3 is 0 Å². The Balaban J connectivity index is 1.99. The summed E-state index contributed by atoms with van der Waals surface area (Å²) in [4.78, 5) is 8.91. The maximum atomic E-state index is 4.52. The Kier molecular flexibility index (Phi) is 4.39. The quantitative estimate of drug-likeness (QED) is 0.811. The van der Waals surface area contributed by atoms with Gasteiger partial charge in [0.1, 0.15) is 5.82 Å². The fourth-order valence-corrected chi connectivity index (χ4v) is 2.25. The molecule has 2 N–H and O–H groups in total. The maximum Gasteiger partial charge on any atom is 0.224 e. The molecule has 0 amide bonds. The average molecular weight is 248 g/mol. The summed E-state index contributed by atoms with van der Waals surface area (Å²) in [6.07, 6.45) is 5.15. The Labute approximate surface area is 110 Å². The van der Waals surface area contributed by atoms with Gasteiger partial charge in [0, 0.05) is 24.3 Å².